The van der Waals surface area contributed by atoms with Gasteiger partial charge in [-0.3, -0.25) is 4.79 Å². The molecule has 0 atom stereocenters. The summed E-state index contributed by atoms with van der Waals surface area (Å²) in [5, 5.41) is 19.2. The lowest BCUT2D eigenvalue weighted by Gasteiger charge is -2.24. The van der Waals surface area contributed by atoms with E-state index < -0.39 is 0 Å². The first-order chi connectivity index (χ1) is 10.6. The van der Waals surface area contributed by atoms with Crippen LogP contribution in [0.4, 0.5) is 0 Å². The van der Waals surface area contributed by atoms with Crippen LogP contribution in [0, 0.1) is 11.3 Å². The van der Waals surface area contributed by atoms with E-state index in [1.807, 2.05) is 12.1 Å². The maximum absolute atomic E-state index is 12.1. The summed E-state index contributed by atoms with van der Waals surface area (Å²) < 4.78 is 12.1. The number of fused-ring (bicyclic) bond motifs is 3. The number of rotatable bonds is 2. The molecule has 0 spiro atoms. The third-order valence-electron chi connectivity index (χ3n) is 3.87. The molecule has 0 aliphatic carbocycles. The minimum atomic E-state index is -0.327. The number of nitriles is 1. The van der Waals surface area contributed by atoms with Gasteiger partial charge >= 0.3 is 0 Å². The molecular weight excluding hydrogens is 284 g/mol. The summed E-state index contributed by atoms with van der Waals surface area (Å²) in [5.74, 6) is 0.798. The standard InChI is InChI=1S/C16H14N2O4/c1-21-13-5-9-3-4-18-15(20)7-12(19)11(8-17)16(18)10(9)6-14(13)22-2/h5-7,19H,3-4H2,1-2H3. The highest BCUT2D eigenvalue weighted by Crippen LogP contribution is 2.40. The molecule has 1 aromatic heterocycles. The van der Waals surface area contributed by atoms with Crippen molar-refractivity contribution in [2.24, 2.45) is 0 Å². The fourth-order valence-corrected chi connectivity index (χ4v) is 2.83. The van der Waals surface area contributed by atoms with E-state index in [0.29, 0.717) is 35.7 Å². The summed E-state index contributed by atoms with van der Waals surface area (Å²) in [7, 11) is 3.08. The molecule has 22 heavy (non-hydrogen) atoms. The topological polar surface area (TPSA) is 84.5 Å². The SMILES string of the molecule is COc1cc2c(cc1OC)-c1c(C#N)c(O)cc(=O)n1CC2. The smallest absolute Gasteiger partial charge is 0.254 e. The van der Waals surface area contributed by atoms with Gasteiger partial charge in [-0.2, -0.15) is 5.26 Å². The Kier molecular flexibility index (Phi) is 3.26. The van der Waals surface area contributed by atoms with Crippen molar-refractivity contribution < 1.29 is 14.6 Å². The quantitative estimate of drug-likeness (QED) is 0.911. The van der Waals surface area contributed by atoms with E-state index in [-0.39, 0.29) is 16.9 Å². The lowest BCUT2D eigenvalue weighted by atomic mass is 9.93. The van der Waals surface area contributed by atoms with Gasteiger partial charge in [-0.05, 0) is 24.1 Å². The van der Waals surface area contributed by atoms with Crippen molar-refractivity contribution in [3.8, 4) is 34.6 Å². The number of hydrogen-bond donors (Lipinski definition) is 1. The molecule has 0 unspecified atom stereocenters. The number of benzene rings is 1. The summed E-state index contributed by atoms with van der Waals surface area (Å²) in [6, 6.07) is 6.63. The van der Waals surface area contributed by atoms with E-state index in [4.69, 9.17) is 9.47 Å². The Morgan fingerprint density at radius 1 is 1.23 bits per heavy atom. The number of ether oxygens (including phenoxy) is 2. The fourth-order valence-electron chi connectivity index (χ4n) is 2.83. The van der Waals surface area contributed by atoms with Crippen LogP contribution in [-0.2, 0) is 13.0 Å². The molecule has 0 fully saturated rings. The number of pyridine rings is 1. The third-order valence-corrected chi connectivity index (χ3v) is 3.87. The summed E-state index contributed by atoms with van der Waals surface area (Å²) in [6.07, 6.45) is 0.637. The zero-order valence-electron chi connectivity index (χ0n) is 12.2. The van der Waals surface area contributed by atoms with Crippen LogP contribution in [0.25, 0.3) is 11.3 Å². The minimum Gasteiger partial charge on any atom is -0.506 e. The van der Waals surface area contributed by atoms with Crippen LogP contribution < -0.4 is 15.0 Å². The van der Waals surface area contributed by atoms with Crippen LogP contribution in [0.3, 0.4) is 0 Å². The Hall–Kier alpha value is -2.94. The number of methoxy groups -OCH3 is 2. The summed E-state index contributed by atoms with van der Waals surface area (Å²) in [5.41, 5.74) is 1.84. The Bertz CT molecular complexity index is 862. The number of hydrogen-bond acceptors (Lipinski definition) is 5. The van der Waals surface area contributed by atoms with E-state index in [1.54, 1.807) is 13.2 Å². The minimum absolute atomic E-state index is 0.0905. The van der Waals surface area contributed by atoms with Crippen LogP contribution in [-0.4, -0.2) is 23.9 Å². The number of aryl methyl sites for hydroxylation is 1. The Morgan fingerprint density at radius 2 is 1.91 bits per heavy atom. The van der Waals surface area contributed by atoms with Gasteiger partial charge < -0.3 is 19.1 Å². The van der Waals surface area contributed by atoms with Crippen LogP contribution in [0.2, 0.25) is 0 Å². The van der Waals surface area contributed by atoms with Crippen molar-refractivity contribution in [2.45, 2.75) is 13.0 Å². The fraction of sp³-hybridized carbons (Fsp3) is 0.250. The summed E-state index contributed by atoms with van der Waals surface area (Å²) in [6.45, 7) is 0.450. The van der Waals surface area contributed by atoms with Crippen molar-refractivity contribution in [3.63, 3.8) is 0 Å². The molecule has 0 radical (unpaired) electrons. The molecular formula is C16H14N2O4. The summed E-state index contributed by atoms with van der Waals surface area (Å²) >= 11 is 0. The molecule has 0 saturated carbocycles. The van der Waals surface area contributed by atoms with Gasteiger partial charge in [0.1, 0.15) is 17.4 Å². The Balaban J connectivity index is 2.39. The second-order valence-corrected chi connectivity index (χ2v) is 4.97. The van der Waals surface area contributed by atoms with Crippen LogP contribution >= 0.6 is 0 Å². The summed E-state index contributed by atoms with van der Waals surface area (Å²) in [4.78, 5) is 12.1. The van der Waals surface area contributed by atoms with Gasteiger partial charge in [0.2, 0.25) is 0 Å². The number of nitrogens with zero attached hydrogens (tertiary/aromatic N) is 2. The lowest BCUT2D eigenvalue weighted by Crippen LogP contribution is -2.26. The molecule has 0 bridgehead atoms. The van der Waals surface area contributed by atoms with Gasteiger partial charge in [0.05, 0.1) is 19.9 Å². The molecule has 0 saturated heterocycles. The van der Waals surface area contributed by atoms with Gasteiger partial charge in [0.25, 0.3) is 5.56 Å². The molecule has 1 aromatic carbocycles. The largest absolute Gasteiger partial charge is 0.506 e. The highest BCUT2D eigenvalue weighted by molar-refractivity contribution is 5.76. The second kappa shape index (κ2) is 5.11. The first-order valence-electron chi connectivity index (χ1n) is 6.73. The van der Waals surface area contributed by atoms with E-state index in [1.165, 1.54) is 11.7 Å². The molecule has 0 amide bonds. The van der Waals surface area contributed by atoms with E-state index in [9.17, 15) is 15.2 Å². The lowest BCUT2D eigenvalue weighted by molar-refractivity contribution is 0.354. The second-order valence-electron chi connectivity index (χ2n) is 4.97. The highest BCUT2D eigenvalue weighted by Gasteiger charge is 2.25. The molecule has 1 N–H and O–H groups in total. The maximum atomic E-state index is 12.1. The van der Waals surface area contributed by atoms with Crippen molar-refractivity contribution >= 4 is 0 Å². The van der Waals surface area contributed by atoms with Gasteiger partial charge in [0.15, 0.2) is 11.5 Å². The molecule has 112 valence electrons. The van der Waals surface area contributed by atoms with Crippen molar-refractivity contribution in [1.29, 1.82) is 5.26 Å². The first-order valence-corrected chi connectivity index (χ1v) is 6.73. The Labute approximate surface area is 126 Å². The van der Waals surface area contributed by atoms with Gasteiger partial charge in [-0.15, -0.1) is 0 Å². The predicted octanol–water partition coefficient (Wildman–Crippen LogP) is 1.67. The maximum Gasteiger partial charge on any atom is 0.254 e. The van der Waals surface area contributed by atoms with Crippen molar-refractivity contribution in [3.05, 3.63) is 39.7 Å². The molecule has 6 nitrogen and oxygen atoms in total. The number of aromatic hydroxyl groups is 1. The van der Waals surface area contributed by atoms with Gasteiger partial charge in [-0.25, -0.2) is 0 Å². The van der Waals surface area contributed by atoms with E-state index in [2.05, 4.69) is 0 Å². The molecule has 1 aliphatic rings. The average Bonchev–Trinajstić information content (AvgIpc) is 2.53. The van der Waals surface area contributed by atoms with E-state index in [0.717, 1.165) is 11.6 Å². The molecule has 3 rings (SSSR count). The normalized spacial score (nSPS) is 12.0. The molecule has 2 aromatic rings. The third kappa shape index (κ3) is 1.91. The van der Waals surface area contributed by atoms with Crippen LogP contribution in [0.5, 0.6) is 17.2 Å². The molecule has 1 aliphatic heterocycles. The monoisotopic (exact) mass is 298 g/mol. The van der Waals surface area contributed by atoms with E-state index >= 15 is 0 Å². The Morgan fingerprint density at radius 3 is 2.55 bits per heavy atom. The highest BCUT2D eigenvalue weighted by atomic mass is 16.5. The van der Waals surface area contributed by atoms with Gasteiger partial charge in [0, 0.05) is 18.2 Å². The first kappa shape index (κ1) is 14.0. The van der Waals surface area contributed by atoms with Crippen molar-refractivity contribution in [1.82, 2.24) is 4.57 Å². The van der Waals surface area contributed by atoms with Crippen molar-refractivity contribution in [2.75, 3.05) is 14.2 Å². The average molecular weight is 298 g/mol. The number of aromatic nitrogens is 1. The predicted molar refractivity (Wildman–Crippen MR) is 79.3 cm³/mol. The van der Waals surface area contributed by atoms with Crippen LogP contribution in [0.15, 0.2) is 23.0 Å². The zero-order chi connectivity index (χ0) is 15.9. The van der Waals surface area contributed by atoms with Crippen LogP contribution in [0.1, 0.15) is 11.1 Å². The zero-order valence-corrected chi connectivity index (χ0v) is 12.2. The molecule has 6 heteroatoms. The van der Waals surface area contributed by atoms with Gasteiger partial charge in [-0.1, -0.05) is 0 Å². The molecule has 2 heterocycles.